The first-order valence-electron chi connectivity index (χ1n) is 13.0. The van der Waals surface area contributed by atoms with Gasteiger partial charge in [0, 0.05) is 51.8 Å². The third-order valence-corrected chi connectivity index (χ3v) is 11.4. The average molecular weight is 534 g/mol. The van der Waals surface area contributed by atoms with E-state index in [0.29, 0.717) is 19.5 Å². The summed E-state index contributed by atoms with van der Waals surface area (Å²) in [5, 5.41) is 23.3. The molecule has 2 N–H and O–H groups in total. The van der Waals surface area contributed by atoms with Crippen LogP contribution in [0.5, 0.6) is 0 Å². The molecule has 0 radical (unpaired) electrons. The summed E-state index contributed by atoms with van der Waals surface area (Å²) in [6, 6.07) is 4.04. The molecule has 6 nitrogen and oxygen atoms in total. The van der Waals surface area contributed by atoms with Crippen LogP contribution in [0.2, 0.25) is 0 Å². The molecule has 8 atom stereocenters. The van der Waals surface area contributed by atoms with Gasteiger partial charge in [-0.15, -0.1) is 11.3 Å². The van der Waals surface area contributed by atoms with Crippen LogP contribution in [0.1, 0.15) is 49.3 Å². The van der Waals surface area contributed by atoms with Crippen molar-refractivity contribution < 1.29 is 33.4 Å². The minimum absolute atomic E-state index is 0.0644. The molecule has 2 heterocycles. The van der Waals surface area contributed by atoms with Crippen LogP contribution in [0, 0.1) is 35.5 Å². The van der Waals surface area contributed by atoms with Crippen molar-refractivity contribution in [1.82, 2.24) is 5.06 Å². The molecule has 0 amide bonds. The SMILES string of the molecule is Cc1ccc(CN2C[C@@H]3C[C@H]4[C@@H]5CC(F)=C6CC(=O)C=C[C@]6(C)[C@@]5(F)[C@@H](O)C[C@]4(C)[C@]3(C(=O)CO)O2)s1. The Labute approximate surface area is 218 Å². The Morgan fingerprint density at radius 1 is 1.30 bits per heavy atom. The van der Waals surface area contributed by atoms with Gasteiger partial charge in [-0.2, -0.15) is 5.06 Å². The molecule has 1 aromatic heterocycles. The molecule has 2 saturated carbocycles. The van der Waals surface area contributed by atoms with E-state index in [2.05, 4.69) is 0 Å². The fourth-order valence-electron chi connectivity index (χ4n) is 8.75. The van der Waals surface area contributed by atoms with E-state index in [1.807, 2.05) is 26.0 Å². The van der Waals surface area contributed by atoms with Crippen molar-refractivity contribution in [2.24, 2.45) is 28.6 Å². The highest BCUT2D eigenvalue weighted by atomic mass is 32.1. The quantitative estimate of drug-likeness (QED) is 0.609. The molecule has 200 valence electrons. The predicted molar refractivity (Wildman–Crippen MR) is 133 cm³/mol. The number of carbonyl (C=O) groups is 2. The lowest BCUT2D eigenvalue weighted by atomic mass is 9.45. The van der Waals surface area contributed by atoms with Crippen LogP contribution in [0.4, 0.5) is 8.78 Å². The molecule has 0 unspecified atom stereocenters. The minimum Gasteiger partial charge on any atom is -0.390 e. The highest BCUT2D eigenvalue weighted by Crippen LogP contribution is 2.72. The van der Waals surface area contributed by atoms with E-state index in [9.17, 15) is 19.8 Å². The number of hydrogen-bond acceptors (Lipinski definition) is 7. The molecule has 6 rings (SSSR count). The van der Waals surface area contributed by atoms with E-state index in [4.69, 9.17) is 4.84 Å². The van der Waals surface area contributed by atoms with Crippen LogP contribution < -0.4 is 0 Å². The van der Waals surface area contributed by atoms with Crippen molar-refractivity contribution >= 4 is 22.9 Å². The summed E-state index contributed by atoms with van der Waals surface area (Å²) in [7, 11) is 0. The fourth-order valence-corrected chi connectivity index (χ4v) is 9.65. The Hall–Kier alpha value is -1.78. The monoisotopic (exact) mass is 533 g/mol. The summed E-state index contributed by atoms with van der Waals surface area (Å²) in [6.07, 6.45) is 1.16. The van der Waals surface area contributed by atoms with E-state index in [1.54, 1.807) is 23.3 Å². The van der Waals surface area contributed by atoms with Crippen LogP contribution in [0.25, 0.3) is 0 Å². The lowest BCUT2D eigenvalue weighted by Gasteiger charge is -2.62. The number of nitrogens with zero attached hydrogens (tertiary/aromatic N) is 1. The van der Waals surface area contributed by atoms with Crippen LogP contribution in [-0.2, 0) is 21.0 Å². The molecule has 0 bridgehead atoms. The summed E-state index contributed by atoms with van der Waals surface area (Å²) in [5.74, 6) is -2.95. The maximum atomic E-state index is 17.4. The molecule has 0 aromatic carbocycles. The molecule has 4 aliphatic carbocycles. The van der Waals surface area contributed by atoms with Gasteiger partial charge in [-0.05, 0) is 56.4 Å². The van der Waals surface area contributed by atoms with Crippen molar-refractivity contribution in [3.63, 3.8) is 0 Å². The number of aliphatic hydroxyl groups is 2. The highest BCUT2D eigenvalue weighted by Gasteiger charge is 2.79. The van der Waals surface area contributed by atoms with E-state index < -0.39 is 58.3 Å². The van der Waals surface area contributed by atoms with Gasteiger partial charge in [0.15, 0.2) is 22.8 Å². The highest BCUT2D eigenvalue weighted by molar-refractivity contribution is 7.11. The zero-order chi connectivity index (χ0) is 26.5. The van der Waals surface area contributed by atoms with Gasteiger partial charge in [0.2, 0.25) is 0 Å². The second-order valence-corrected chi connectivity index (χ2v) is 13.4. The van der Waals surface area contributed by atoms with Crippen LogP contribution in [0.3, 0.4) is 0 Å². The van der Waals surface area contributed by atoms with Crippen molar-refractivity contribution in [3.05, 3.63) is 45.4 Å². The number of alkyl halides is 1. The summed E-state index contributed by atoms with van der Waals surface area (Å²) in [5.41, 5.74) is -5.98. The van der Waals surface area contributed by atoms with Crippen molar-refractivity contribution in [1.29, 1.82) is 0 Å². The number of thiophene rings is 1. The number of ketones is 2. The Morgan fingerprint density at radius 3 is 2.73 bits per heavy atom. The largest absolute Gasteiger partial charge is 0.390 e. The van der Waals surface area contributed by atoms with E-state index in [-0.39, 0.29) is 36.5 Å². The average Bonchev–Trinajstić information content (AvgIpc) is 3.49. The Bertz CT molecular complexity index is 1240. The lowest BCUT2D eigenvalue weighted by Crippen LogP contribution is -2.69. The second-order valence-electron chi connectivity index (χ2n) is 12.1. The first-order valence-corrected chi connectivity index (χ1v) is 13.8. The van der Waals surface area contributed by atoms with Gasteiger partial charge in [0.05, 0.1) is 12.6 Å². The molecular formula is C28H33F2NO5S. The molecule has 1 aromatic rings. The topological polar surface area (TPSA) is 87.1 Å². The van der Waals surface area contributed by atoms with E-state index in [0.717, 1.165) is 9.75 Å². The van der Waals surface area contributed by atoms with Gasteiger partial charge in [0.25, 0.3) is 0 Å². The number of fused-ring (bicyclic) bond motifs is 7. The molecular weight excluding hydrogens is 500 g/mol. The molecule has 0 spiro atoms. The molecule has 3 fully saturated rings. The van der Waals surface area contributed by atoms with Crippen LogP contribution >= 0.6 is 11.3 Å². The Morgan fingerprint density at radius 2 is 2.05 bits per heavy atom. The number of allylic oxidation sites excluding steroid dienone is 4. The van der Waals surface area contributed by atoms with Gasteiger partial charge in [-0.3, -0.25) is 14.4 Å². The van der Waals surface area contributed by atoms with Gasteiger partial charge in [-0.1, -0.05) is 13.0 Å². The third kappa shape index (κ3) is 3.09. The molecule has 1 saturated heterocycles. The van der Waals surface area contributed by atoms with E-state index >= 15 is 8.78 Å². The minimum atomic E-state index is -2.20. The van der Waals surface area contributed by atoms with Crippen LogP contribution in [0.15, 0.2) is 35.7 Å². The third-order valence-electron chi connectivity index (χ3n) is 10.4. The molecule has 37 heavy (non-hydrogen) atoms. The fraction of sp³-hybridized carbons (Fsp3) is 0.643. The molecule has 1 aliphatic heterocycles. The first-order chi connectivity index (χ1) is 17.4. The van der Waals surface area contributed by atoms with Crippen molar-refractivity contribution in [3.8, 4) is 0 Å². The van der Waals surface area contributed by atoms with Crippen molar-refractivity contribution in [2.75, 3.05) is 13.2 Å². The standard InChI is InChI=1S/C28H33F2NO5S/c1-15-4-5-18(37-15)13-31-12-16-8-19-20-10-22(29)21-9-17(33)6-7-25(21,2)27(20,30)23(34)11-26(19,3)28(16,36-31)24(35)14-32/h4-7,16,19-20,23,32,34H,8-14H2,1-3H3/t16-,19-,20-,23-,25-,26-,27-,28-/m0/s1. The maximum Gasteiger partial charge on any atom is 0.192 e. The summed E-state index contributed by atoms with van der Waals surface area (Å²) in [4.78, 5) is 34.3. The van der Waals surface area contributed by atoms with Crippen molar-refractivity contribution in [2.45, 2.75) is 70.4 Å². The number of aryl methyl sites for hydroxylation is 1. The zero-order valence-electron chi connectivity index (χ0n) is 21.3. The lowest BCUT2D eigenvalue weighted by molar-refractivity contribution is -0.266. The Balaban J connectivity index is 1.41. The van der Waals surface area contributed by atoms with E-state index in [1.165, 1.54) is 12.2 Å². The number of rotatable bonds is 4. The summed E-state index contributed by atoms with van der Waals surface area (Å²) >= 11 is 1.64. The number of hydroxylamine groups is 2. The van der Waals surface area contributed by atoms with Gasteiger partial charge in [0.1, 0.15) is 12.4 Å². The van der Waals surface area contributed by atoms with Gasteiger partial charge < -0.3 is 10.2 Å². The molecule has 5 aliphatic rings. The summed E-state index contributed by atoms with van der Waals surface area (Å²) < 4.78 is 33.0. The zero-order valence-corrected chi connectivity index (χ0v) is 22.1. The predicted octanol–water partition coefficient (Wildman–Crippen LogP) is 4.00. The Kier molecular flexibility index (Phi) is 5.59. The normalized spacial score (nSPS) is 45.0. The number of carbonyl (C=O) groups excluding carboxylic acids is 2. The smallest absolute Gasteiger partial charge is 0.192 e. The van der Waals surface area contributed by atoms with Crippen LogP contribution in [-0.4, -0.2) is 57.4 Å². The maximum absolute atomic E-state index is 17.4. The number of hydrogen-bond donors (Lipinski definition) is 2. The van der Waals surface area contributed by atoms with Gasteiger partial charge >= 0.3 is 0 Å². The second kappa shape index (κ2) is 8.11. The van der Waals surface area contributed by atoms with Gasteiger partial charge in [-0.25, -0.2) is 8.78 Å². The summed E-state index contributed by atoms with van der Waals surface area (Å²) in [6.45, 7) is 5.61. The number of aliphatic hydroxyl groups excluding tert-OH is 2. The first kappa shape index (κ1) is 25.5. The number of halogens is 2. The molecule has 9 heteroatoms. The number of Topliss-reactive ketones (excluding diaryl/α,β-unsaturated/α-hetero) is 1.